The van der Waals surface area contributed by atoms with Crippen LogP contribution >= 0.6 is 0 Å². The van der Waals surface area contributed by atoms with Gasteiger partial charge in [0.15, 0.2) is 0 Å². The first kappa shape index (κ1) is 16.3. The number of nitrogens with zero attached hydrogens (tertiary/aromatic N) is 1. The van der Waals surface area contributed by atoms with Gasteiger partial charge < -0.3 is 19.9 Å². The fraction of sp³-hybridized carbons (Fsp3) is 0.500. The molecule has 22 heavy (non-hydrogen) atoms. The summed E-state index contributed by atoms with van der Waals surface area (Å²) >= 11 is 0. The molecule has 1 atom stereocenters. The van der Waals surface area contributed by atoms with E-state index in [1.807, 2.05) is 45.3 Å². The Balaban J connectivity index is 1.84. The predicted octanol–water partition coefficient (Wildman–Crippen LogP) is -0.0290. The van der Waals surface area contributed by atoms with E-state index in [9.17, 15) is 9.59 Å². The van der Waals surface area contributed by atoms with Crippen LogP contribution in [0.3, 0.4) is 0 Å². The van der Waals surface area contributed by atoms with Crippen molar-refractivity contribution in [1.29, 1.82) is 0 Å². The zero-order chi connectivity index (χ0) is 16.1. The van der Waals surface area contributed by atoms with Gasteiger partial charge in [-0.05, 0) is 19.1 Å². The summed E-state index contributed by atoms with van der Waals surface area (Å²) in [5.41, 5.74) is 2.01. The van der Waals surface area contributed by atoms with Gasteiger partial charge in [-0.25, -0.2) is 4.79 Å². The fourth-order valence-corrected chi connectivity index (χ4v) is 2.33. The lowest BCUT2D eigenvalue weighted by Crippen LogP contribution is -3.06. The van der Waals surface area contributed by atoms with Crippen LogP contribution in [-0.2, 0) is 9.53 Å². The van der Waals surface area contributed by atoms with Gasteiger partial charge in [-0.2, -0.15) is 0 Å². The number of aryl methyl sites for hydroxylation is 1. The lowest BCUT2D eigenvalue weighted by atomic mass is 10.2. The second-order valence-electron chi connectivity index (χ2n) is 5.98. The molecule has 6 nitrogen and oxygen atoms in total. The first-order valence-corrected chi connectivity index (χ1v) is 7.55. The van der Waals surface area contributed by atoms with Crippen molar-refractivity contribution in [2.45, 2.75) is 19.4 Å². The van der Waals surface area contributed by atoms with Crippen LogP contribution in [0.15, 0.2) is 24.3 Å². The second-order valence-corrected chi connectivity index (χ2v) is 5.98. The highest BCUT2D eigenvalue weighted by atomic mass is 16.5. The highest BCUT2D eigenvalue weighted by Gasteiger charge is 2.31. The number of rotatable bonds is 5. The molecule has 0 aliphatic carbocycles. The summed E-state index contributed by atoms with van der Waals surface area (Å²) < 4.78 is 5.11. The standard InChI is InChI=1S/C16H23N3O3/c1-12-4-6-14(7-5-12)19-11-13(10-15(19)20)17-16(21)22-9-8-18(2)3/h4-7,13H,8-11H2,1-3H3,(H,17,21)/p+1/t13-/m0/s1. The number of carbonyl (C=O) groups excluding carboxylic acids is 2. The molecule has 0 radical (unpaired) electrons. The Morgan fingerprint density at radius 1 is 1.36 bits per heavy atom. The minimum absolute atomic E-state index is 0.0203. The molecule has 2 amide bonds. The number of likely N-dealkylation sites (N-methyl/N-ethyl adjacent to an activating group) is 1. The minimum Gasteiger partial charge on any atom is -0.444 e. The molecule has 2 rings (SSSR count). The Hall–Kier alpha value is -2.08. The van der Waals surface area contributed by atoms with E-state index in [2.05, 4.69) is 5.32 Å². The quantitative estimate of drug-likeness (QED) is 0.803. The van der Waals surface area contributed by atoms with E-state index < -0.39 is 6.09 Å². The molecule has 1 aromatic carbocycles. The van der Waals surface area contributed by atoms with Gasteiger partial charge >= 0.3 is 6.09 Å². The summed E-state index contributed by atoms with van der Waals surface area (Å²) in [6.45, 7) is 3.62. The fourth-order valence-electron chi connectivity index (χ4n) is 2.33. The van der Waals surface area contributed by atoms with E-state index in [4.69, 9.17) is 4.74 Å². The molecular weight excluding hydrogens is 282 g/mol. The van der Waals surface area contributed by atoms with Gasteiger partial charge in [-0.15, -0.1) is 0 Å². The zero-order valence-electron chi connectivity index (χ0n) is 13.4. The highest BCUT2D eigenvalue weighted by Crippen LogP contribution is 2.21. The monoisotopic (exact) mass is 306 g/mol. The van der Waals surface area contributed by atoms with Crippen LogP contribution in [0.2, 0.25) is 0 Å². The SMILES string of the molecule is Cc1ccc(N2C[C@@H](NC(=O)OCC[NH+](C)C)CC2=O)cc1. The van der Waals surface area contributed by atoms with Crippen LogP contribution in [0, 0.1) is 6.92 Å². The van der Waals surface area contributed by atoms with Gasteiger partial charge in [0.05, 0.1) is 20.1 Å². The maximum atomic E-state index is 12.1. The molecule has 0 unspecified atom stereocenters. The Morgan fingerprint density at radius 3 is 2.68 bits per heavy atom. The number of anilines is 1. The zero-order valence-corrected chi connectivity index (χ0v) is 13.4. The first-order chi connectivity index (χ1) is 10.5. The molecule has 6 heteroatoms. The number of amides is 2. The van der Waals surface area contributed by atoms with E-state index in [1.54, 1.807) is 4.90 Å². The van der Waals surface area contributed by atoms with Crippen LogP contribution in [0.4, 0.5) is 10.5 Å². The molecule has 0 bridgehead atoms. The van der Waals surface area contributed by atoms with Crippen LogP contribution in [0.1, 0.15) is 12.0 Å². The number of carbonyl (C=O) groups is 2. The predicted molar refractivity (Wildman–Crippen MR) is 84.1 cm³/mol. The first-order valence-electron chi connectivity index (χ1n) is 7.55. The number of hydrogen-bond acceptors (Lipinski definition) is 3. The third-order valence-corrected chi connectivity index (χ3v) is 3.63. The van der Waals surface area contributed by atoms with Crippen LogP contribution in [0.5, 0.6) is 0 Å². The van der Waals surface area contributed by atoms with Gasteiger partial charge in [0.1, 0.15) is 13.2 Å². The van der Waals surface area contributed by atoms with Crippen molar-refractivity contribution in [3.05, 3.63) is 29.8 Å². The molecule has 1 aliphatic rings. The summed E-state index contributed by atoms with van der Waals surface area (Å²) in [6, 6.07) is 7.59. The van der Waals surface area contributed by atoms with E-state index in [-0.39, 0.29) is 11.9 Å². The summed E-state index contributed by atoms with van der Waals surface area (Å²) in [5.74, 6) is 0.0203. The minimum atomic E-state index is -0.454. The summed E-state index contributed by atoms with van der Waals surface area (Å²) in [4.78, 5) is 26.7. The molecule has 1 saturated heterocycles. The van der Waals surface area contributed by atoms with Crippen LogP contribution in [-0.4, -0.2) is 51.8 Å². The topological polar surface area (TPSA) is 63.1 Å². The maximum absolute atomic E-state index is 12.1. The molecule has 1 aliphatic heterocycles. The van der Waals surface area contributed by atoms with E-state index in [0.717, 1.165) is 17.8 Å². The lowest BCUT2D eigenvalue weighted by molar-refractivity contribution is -0.858. The van der Waals surface area contributed by atoms with Crippen molar-refractivity contribution in [2.24, 2.45) is 0 Å². The number of alkyl carbamates (subject to hydrolysis) is 1. The Labute approximate surface area is 131 Å². The van der Waals surface area contributed by atoms with Crippen molar-refractivity contribution in [3.63, 3.8) is 0 Å². The second kappa shape index (κ2) is 7.26. The molecule has 1 fully saturated rings. The number of hydrogen-bond donors (Lipinski definition) is 2. The van der Waals surface area contributed by atoms with Gasteiger partial charge in [0, 0.05) is 18.7 Å². The van der Waals surface area contributed by atoms with Crippen LogP contribution in [0.25, 0.3) is 0 Å². The van der Waals surface area contributed by atoms with E-state index >= 15 is 0 Å². The summed E-state index contributed by atoms with van der Waals surface area (Å²) in [6.07, 6.45) is -0.146. The molecule has 0 spiro atoms. The van der Waals surface area contributed by atoms with Crippen molar-refractivity contribution in [3.8, 4) is 0 Å². The normalized spacial score (nSPS) is 17.9. The van der Waals surface area contributed by atoms with E-state index in [0.29, 0.717) is 19.6 Å². The molecule has 0 saturated carbocycles. The van der Waals surface area contributed by atoms with Crippen molar-refractivity contribution < 1.29 is 19.2 Å². The van der Waals surface area contributed by atoms with Gasteiger partial charge in [0.25, 0.3) is 0 Å². The Morgan fingerprint density at radius 2 is 2.05 bits per heavy atom. The summed E-state index contributed by atoms with van der Waals surface area (Å²) in [7, 11) is 3.99. The maximum Gasteiger partial charge on any atom is 0.407 e. The molecule has 1 aromatic rings. The molecule has 0 aromatic heterocycles. The van der Waals surface area contributed by atoms with Crippen molar-refractivity contribution in [2.75, 3.05) is 38.7 Å². The Kier molecular flexibility index (Phi) is 5.38. The average molecular weight is 306 g/mol. The molecule has 120 valence electrons. The lowest BCUT2D eigenvalue weighted by Gasteiger charge is -2.17. The molecule has 1 heterocycles. The van der Waals surface area contributed by atoms with Gasteiger partial charge in [-0.3, -0.25) is 4.79 Å². The number of ether oxygens (including phenoxy) is 1. The Bertz CT molecular complexity index is 528. The van der Waals surface area contributed by atoms with Gasteiger partial charge in [0.2, 0.25) is 5.91 Å². The van der Waals surface area contributed by atoms with Crippen molar-refractivity contribution >= 4 is 17.7 Å². The third kappa shape index (κ3) is 4.46. The van der Waals surface area contributed by atoms with Gasteiger partial charge in [-0.1, -0.05) is 17.7 Å². The molecule has 2 N–H and O–H groups in total. The summed E-state index contributed by atoms with van der Waals surface area (Å²) in [5, 5.41) is 2.76. The van der Waals surface area contributed by atoms with Crippen molar-refractivity contribution in [1.82, 2.24) is 5.32 Å². The smallest absolute Gasteiger partial charge is 0.407 e. The van der Waals surface area contributed by atoms with Crippen LogP contribution < -0.4 is 15.1 Å². The number of quaternary nitrogens is 1. The number of nitrogens with one attached hydrogen (secondary N) is 2. The highest BCUT2D eigenvalue weighted by molar-refractivity contribution is 5.96. The van der Waals surface area contributed by atoms with E-state index in [1.165, 1.54) is 4.90 Å². The molecular formula is C16H24N3O3+. The number of benzene rings is 1. The third-order valence-electron chi connectivity index (χ3n) is 3.63. The average Bonchev–Trinajstić information content (AvgIpc) is 2.80. The largest absolute Gasteiger partial charge is 0.444 e.